The summed E-state index contributed by atoms with van der Waals surface area (Å²) in [6.07, 6.45) is 0. The number of rotatable bonds is 2. The van der Waals surface area contributed by atoms with Crippen molar-refractivity contribution in [2.75, 3.05) is 6.61 Å². The summed E-state index contributed by atoms with van der Waals surface area (Å²) in [7, 11) is 0. The summed E-state index contributed by atoms with van der Waals surface area (Å²) in [5.41, 5.74) is 2.62. The van der Waals surface area contributed by atoms with Crippen LogP contribution in [0, 0.1) is 37.0 Å². The van der Waals surface area contributed by atoms with Crippen molar-refractivity contribution in [1.82, 2.24) is 0 Å². The Bertz CT molecular complexity index is 435. The van der Waals surface area contributed by atoms with Gasteiger partial charge in [0.25, 0.3) is 0 Å². The molecule has 0 spiro atoms. The Labute approximate surface area is 90.5 Å². The Hall–Kier alpha value is -1.93. The molecule has 0 bridgehead atoms. The Morgan fingerprint density at radius 3 is 2.33 bits per heavy atom. The molecule has 0 aliphatic carbocycles. The zero-order valence-corrected chi connectivity index (χ0v) is 9.22. The van der Waals surface area contributed by atoms with Crippen molar-refractivity contribution in [2.45, 2.75) is 20.8 Å². The first kappa shape index (κ1) is 11.1. The molecule has 0 radical (unpaired) electrons. The molecule has 0 heterocycles. The first-order valence-electron chi connectivity index (χ1n) is 4.72. The third-order valence-electron chi connectivity index (χ3n) is 2.05. The standard InChI is InChI=1S/C13H13NO/c1-4-5-6-15-13-10(2)7-12(9-14)8-11(13)3/h7-8H,6H2,1-3H3. The predicted octanol–water partition coefficient (Wildman–Crippen LogP) is 2.58. The van der Waals surface area contributed by atoms with E-state index in [-0.39, 0.29) is 0 Å². The van der Waals surface area contributed by atoms with Crippen molar-refractivity contribution in [2.24, 2.45) is 0 Å². The summed E-state index contributed by atoms with van der Waals surface area (Å²) in [6.45, 7) is 6.04. The van der Waals surface area contributed by atoms with E-state index in [9.17, 15) is 0 Å². The molecule has 0 amide bonds. The van der Waals surface area contributed by atoms with Gasteiger partial charge >= 0.3 is 0 Å². The van der Waals surface area contributed by atoms with Gasteiger partial charge in [0.15, 0.2) is 0 Å². The SMILES string of the molecule is CC#CCOc1c(C)cc(C#N)cc1C. The maximum absolute atomic E-state index is 8.78. The van der Waals surface area contributed by atoms with Gasteiger partial charge in [-0.1, -0.05) is 5.92 Å². The highest BCUT2D eigenvalue weighted by Crippen LogP contribution is 2.24. The number of nitrogens with zero attached hydrogens (tertiary/aromatic N) is 1. The van der Waals surface area contributed by atoms with Crippen LogP contribution in [0.4, 0.5) is 0 Å². The van der Waals surface area contributed by atoms with Crippen LogP contribution in [0.2, 0.25) is 0 Å². The van der Waals surface area contributed by atoms with E-state index in [2.05, 4.69) is 17.9 Å². The summed E-state index contributed by atoms with van der Waals surface area (Å²) in [5.74, 6) is 6.44. The molecule has 0 atom stereocenters. The molecular formula is C13H13NO. The van der Waals surface area contributed by atoms with Crippen LogP contribution in [-0.2, 0) is 0 Å². The first-order valence-corrected chi connectivity index (χ1v) is 4.72. The Morgan fingerprint density at radius 1 is 1.27 bits per heavy atom. The van der Waals surface area contributed by atoms with Gasteiger partial charge in [0.05, 0.1) is 11.6 Å². The summed E-state index contributed by atoms with van der Waals surface area (Å²) in [4.78, 5) is 0. The topological polar surface area (TPSA) is 33.0 Å². The second kappa shape index (κ2) is 5.08. The molecule has 0 aliphatic rings. The number of aryl methyl sites for hydroxylation is 2. The fourth-order valence-electron chi connectivity index (χ4n) is 1.42. The zero-order chi connectivity index (χ0) is 11.3. The smallest absolute Gasteiger partial charge is 0.149 e. The highest BCUT2D eigenvalue weighted by Gasteiger charge is 2.05. The van der Waals surface area contributed by atoms with E-state index < -0.39 is 0 Å². The fourth-order valence-corrected chi connectivity index (χ4v) is 1.42. The minimum atomic E-state index is 0.393. The maximum Gasteiger partial charge on any atom is 0.149 e. The van der Waals surface area contributed by atoms with Crippen LogP contribution in [0.25, 0.3) is 0 Å². The molecule has 1 aromatic carbocycles. The van der Waals surface area contributed by atoms with E-state index in [1.54, 1.807) is 6.92 Å². The molecule has 0 unspecified atom stereocenters. The van der Waals surface area contributed by atoms with Gasteiger partial charge in [-0.2, -0.15) is 5.26 Å². The van der Waals surface area contributed by atoms with Gasteiger partial charge in [-0.25, -0.2) is 0 Å². The van der Waals surface area contributed by atoms with E-state index in [1.165, 1.54) is 0 Å². The summed E-state index contributed by atoms with van der Waals surface area (Å²) < 4.78 is 5.52. The quantitative estimate of drug-likeness (QED) is 0.686. The summed E-state index contributed by atoms with van der Waals surface area (Å²) in [5, 5.41) is 8.78. The Kier molecular flexibility index (Phi) is 3.77. The van der Waals surface area contributed by atoms with Crippen molar-refractivity contribution in [3.8, 4) is 23.7 Å². The summed E-state index contributed by atoms with van der Waals surface area (Å²) in [6, 6.07) is 5.76. The van der Waals surface area contributed by atoms with Gasteiger partial charge < -0.3 is 4.74 Å². The molecule has 2 heteroatoms. The minimum Gasteiger partial charge on any atom is -0.480 e. The van der Waals surface area contributed by atoms with Gasteiger partial charge in [0.2, 0.25) is 0 Å². The van der Waals surface area contributed by atoms with E-state index in [4.69, 9.17) is 10.00 Å². The number of ether oxygens (including phenoxy) is 1. The fraction of sp³-hybridized carbons (Fsp3) is 0.308. The van der Waals surface area contributed by atoms with Crippen molar-refractivity contribution in [1.29, 1.82) is 5.26 Å². The molecular weight excluding hydrogens is 186 g/mol. The van der Waals surface area contributed by atoms with E-state index >= 15 is 0 Å². The largest absolute Gasteiger partial charge is 0.480 e. The van der Waals surface area contributed by atoms with Gasteiger partial charge in [0, 0.05) is 0 Å². The minimum absolute atomic E-state index is 0.393. The molecule has 1 aromatic rings. The van der Waals surface area contributed by atoms with Gasteiger partial charge in [0.1, 0.15) is 12.4 Å². The van der Waals surface area contributed by atoms with Gasteiger partial charge in [-0.3, -0.25) is 0 Å². The van der Waals surface area contributed by atoms with Crippen LogP contribution in [0.3, 0.4) is 0 Å². The predicted molar refractivity (Wildman–Crippen MR) is 59.6 cm³/mol. The maximum atomic E-state index is 8.78. The molecule has 0 fully saturated rings. The molecule has 0 saturated heterocycles. The zero-order valence-electron chi connectivity index (χ0n) is 9.22. The van der Waals surface area contributed by atoms with Crippen LogP contribution < -0.4 is 4.74 Å². The highest BCUT2D eigenvalue weighted by molar-refractivity contribution is 5.47. The van der Waals surface area contributed by atoms with Crippen LogP contribution in [-0.4, -0.2) is 6.61 Å². The van der Waals surface area contributed by atoms with Crippen molar-refractivity contribution in [3.05, 3.63) is 28.8 Å². The highest BCUT2D eigenvalue weighted by atomic mass is 16.5. The van der Waals surface area contributed by atoms with Crippen LogP contribution >= 0.6 is 0 Å². The van der Waals surface area contributed by atoms with Crippen LogP contribution in [0.5, 0.6) is 5.75 Å². The average molecular weight is 199 g/mol. The molecule has 76 valence electrons. The third kappa shape index (κ3) is 2.76. The Morgan fingerprint density at radius 2 is 1.87 bits per heavy atom. The molecule has 0 aromatic heterocycles. The second-order valence-electron chi connectivity index (χ2n) is 3.27. The summed E-state index contributed by atoms with van der Waals surface area (Å²) >= 11 is 0. The molecule has 0 aliphatic heterocycles. The van der Waals surface area contributed by atoms with Crippen molar-refractivity contribution < 1.29 is 4.74 Å². The van der Waals surface area contributed by atoms with Crippen LogP contribution in [0.1, 0.15) is 23.6 Å². The molecule has 1 rings (SSSR count). The average Bonchev–Trinajstić information content (AvgIpc) is 2.22. The first-order chi connectivity index (χ1) is 7.19. The van der Waals surface area contributed by atoms with E-state index in [0.29, 0.717) is 12.2 Å². The second-order valence-corrected chi connectivity index (χ2v) is 3.27. The lowest BCUT2D eigenvalue weighted by molar-refractivity contribution is 0.365. The third-order valence-corrected chi connectivity index (χ3v) is 2.05. The molecule has 15 heavy (non-hydrogen) atoms. The normalized spacial score (nSPS) is 8.67. The van der Waals surface area contributed by atoms with E-state index in [0.717, 1.165) is 16.9 Å². The molecule has 0 saturated carbocycles. The lowest BCUT2D eigenvalue weighted by Crippen LogP contribution is -1.98. The van der Waals surface area contributed by atoms with Crippen molar-refractivity contribution in [3.63, 3.8) is 0 Å². The number of hydrogen-bond acceptors (Lipinski definition) is 2. The van der Waals surface area contributed by atoms with Crippen LogP contribution in [0.15, 0.2) is 12.1 Å². The van der Waals surface area contributed by atoms with Gasteiger partial charge in [-0.05, 0) is 44.0 Å². The lowest BCUT2D eigenvalue weighted by atomic mass is 10.1. The number of hydrogen-bond donors (Lipinski definition) is 0. The number of nitriles is 1. The molecule has 2 nitrogen and oxygen atoms in total. The number of benzene rings is 1. The molecule has 0 N–H and O–H groups in total. The van der Waals surface area contributed by atoms with Crippen molar-refractivity contribution >= 4 is 0 Å². The lowest BCUT2D eigenvalue weighted by Gasteiger charge is -2.09. The Balaban J connectivity index is 2.97. The van der Waals surface area contributed by atoms with Gasteiger partial charge in [-0.15, -0.1) is 5.92 Å². The van der Waals surface area contributed by atoms with E-state index in [1.807, 2.05) is 26.0 Å². The monoisotopic (exact) mass is 199 g/mol.